The highest BCUT2D eigenvalue weighted by molar-refractivity contribution is 6.61. The van der Waals surface area contributed by atoms with Crippen molar-refractivity contribution in [2.45, 2.75) is 26.4 Å². The second-order valence-corrected chi connectivity index (χ2v) is 6.02. The summed E-state index contributed by atoms with van der Waals surface area (Å²) in [6.45, 7) is 2.21. The molecular formula is C18H18BN3O4. The molecule has 0 aliphatic carbocycles. The first kappa shape index (κ1) is 17.9. The highest BCUT2D eigenvalue weighted by atomic mass is 16.5. The van der Waals surface area contributed by atoms with E-state index in [0.717, 1.165) is 16.7 Å². The van der Waals surface area contributed by atoms with E-state index in [1.54, 1.807) is 18.2 Å². The number of carbonyl (C=O) groups is 1. The number of hydrogen-bond acceptors (Lipinski definition) is 7. The van der Waals surface area contributed by atoms with Crippen molar-refractivity contribution in [1.29, 1.82) is 5.26 Å². The largest absolute Gasteiger partial charge is 0.491 e. The number of fused-ring (bicyclic) bond motifs is 1. The summed E-state index contributed by atoms with van der Waals surface area (Å²) in [6.07, 6.45) is 1.01. The monoisotopic (exact) mass is 351 g/mol. The normalized spacial score (nSPS) is 12.4. The van der Waals surface area contributed by atoms with Gasteiger partial charge in [0.05, 0.1) is 13.2 Å². The predicted molar refractivity (Wildman–Crippen MR) is 96.5 cm³/mol. The lowest BCUT2D eigenvalue weighted by Gasteiger charge is -2.11. The van der Waals surface area contributed by atoms with Gasteiger partial charge >= 0.3 is 7.12 Å². The summed E-state index contributed by atoms with van der Waals surface area (Å²) < 4.78 is 10.7. The van der Waals surface area contributed by atoms with Crippen molar-refractivity contribution in [3.05, 3.63) is 41.5 Å². The molecule has 7 nitrogen and oxygen atoms in total. The van der Waals surface area contributed by atoms with Gasteiger partial charge in [-0.3, -0.25) is 0 Å². The SMILES string of the molecule is CC(=O)CCCOc1nc(Nc2ccc3c(c2)COB3O)ccc1C#N. The number of anilines is 2. The minimum absolute atomic E-state index is 0.100. The van der Waals surface area contributed by atoms with E-state index in [4.69, 9.17) is 9.39 Å². The summed E-state index contributed by atoms with van der Waals surface area (Å²) in [4.78, 5) is 15.3. The van der Waals surface area contributed by atoms with Crippen molar-refractivity contribution in [1.82, 2.24) is 4.98 Å². The maximum absolute atomic E-state index is 11.0. The summed E-state index contributed by atoms with van der Waals surface area (Å²) in [6, 6.07) is 10.9. The summed E-state index contributed by atoms with van der Waals surface area (Å²) in [5, 5.41) is 22.0. The Morgan fingerprint density at radius 1 is 1.46 bits per heavy atom. The Balaban J connectivity index is 1.71. The van der Waals surface area contributed by atoms with Crippen LogP contribution in [0.5, 0.6) is 5.88 Å². The third-order valence-corrected chi connectivity index (χ3v) is 3.97. The highest BCUT2D eigenvalue weighted by Gasteiger charge is 2.27. The van der Waals surface area contributed by atoms with Gasteiger partial charge in [-0.2, -0.15) is 10.2 Å². The maximum Gasteiger partial charge on any atom is 0.491 e. The lowest BCUT2D eigenvalue weighted by atomic mass is 9.79. The fraction of sp³-hybridized carbons (Fsp3) is 0.278. The Hall–Kier alpha value is -2.89. The van der Waals surface area contributed by atoms with E-state index < -0.39 is 7.12 Å². The second-order valence-electron chi connectivity index (χ2n) is 6.02. The Bertz CT molecular complexity index is 866. The number of hydrogen-bond donors (Lipinski definition) is 2. The van der Waals surface area contributed by atoms with Crippen LogP contribution in [0.2, 0.25) is 0 Å². The first-order valence-electron chi connectivity index (χ1n) is 8.29. The molecule has 1 aromatic carbocycles. The lowest BCUT2D eigenvalue weighted by molar-refractivity contribution is -0.117. The fourth-order valence-corrected chi connectivity index (χ4v) is 2.65. The van der Waals surface area contributed by atoms with Crippen LogP contribution in [0.1, 0.15) is 30.9 Å². The lowest BCUT2D eigenvalue weighted by Crippen LogP contribution is -2.27. The van der Waals surface area contributed by atoms with Crippen LogP contribution in [0.25, 0.3) is 0 Å². The predicted octanol–water partition coefficient (Wildman–Crippen LogP) is 1.66. The minimum atomic E-state index is -0.873. The Morgan fingerprint density at radius 3 is 3.08 bits per heavy atom. The van der Waals surface area contributed by atoms with Crippen LogP contribution < -0.4 is 15.5 Å². The number of carbonyl (C=O) groups excluding carboxylic acids is 1. The average Bonchev–Trinajstić information content (AvgIpc) is 2.99. The number of ketones is 1. The molecule has 0 unspecified atom stereocenters. The topological polar surface area (TPSA) is 104 Å². The molecule has 0 fully saturated rings. The van der Waals surface area contributed by atoms with Crippen molar-refractivity contribution in [3.63, 3.8) is 0 Å². The van der Waals surface area contributed by atoms with E-state index in [0.29, 0.717) is 37.4 Å². The van der Waals surface area contributed by atoms with Crippen LogP contribution in [0, 0.1) is 11.3 Å². The molecule has 1 aromatic heterocycles. The smallest absolute Gasteiger partial charge is 0.477 e. The first-order chi connectivity index (χ1) is 12.6. The minimum Gasteiger partial charge on any atom is -0.477 e. The van der Waals surface area contributed by atoms with Gasteiger partial charge in [0.25, 0.3) is 0 Å². The van der Waals surface area contributed by atoms with Crippen LogP contribution in [0.3, 0.4) is 0 Å². The number of pyridine rings is 1. The van der Waals surface area contributed by atoms with Gasteiger partial charge < -0.3 is 24.5 Å². The number of rotatable bonds is 7. The van der Waals surface area contributed by atoms with Gasteiger partial charge in [0.2, 0.25) is 5.88 Å². The Kier molecular flexibility index (Phi) is 5.51. The van der Waals surface area contributed by atoms with Gasteiger partial charge in [-0.15, -0.1) is 0 Å². The third-order valence-electron chi connectivity index (χ3n) is 3.97. The number of nitrogens with zero attached hydrogens (tertiary/aromatic N) is 2. The zero-order chi connectivity index (χ0) is 18.5. The van der Waals surface area contributed by atoms with Gasteiger partial charge in [0, 0.05) is 12.1 Å². The molecule has 2 aromatic rings. The maximum atomic E-state index is 11.0. The number of ether oxygens (including phenoxy) is 1. The van der Waals surface area contributed by atoms with E-state index in [1.165, 1.54) is 6.92 Å². The number of Topliss-reactive ketones (excluding diaryl/α,β-unsaturated/α-hetero) is 1. The molecule has 2 heterocycles. The van der Waals surface area contributed by atoms with Crippen molar-refractivity contribution in [2.24, 2.45) is 0 Å². The summed E-state index contributed by atoms with van der Waals surface area (Å²) in [5.74, 6) is 0.870. The zero-order valence-electron chi connectivity index (χ0n) is 14.4. The summed E-state index contributed by atoms with van der Waals surface area (Å²) in [5.41, 5.74) is 2.81. The van der Waals surface area contributed by atoms with Gasteiger partial charge in [0.1, 0.15) is 23.2 Å². The standard InChI is InChI=1S/C18H18BN3O4/c1-12(23)3-2-8-25-18-13(10-20)4-7-17(22-18)21-15-5-6-16-14(9-15)11-26-19(16)24/h4-7,9,24H,2-3,8,11H2,1H3,(H,21,22). The van der Waals surface area contributed by atoms with Gasteiger partial charge in [-0.05, 0) is 48.6 Å². The molecule has 0 amide bonds. The van der Waals surface area contributed by atoms with Gasteiger partial charge in [-0.25, -0.2) is 0 Å². The van der Waals surface area contributed by atoms with Crippen molar-refractivity contribution in [2.75, 3.05) is 11.9 Å². The Labute approximate surface area is 151 Å². The van der Waals surface area contributed by atoms with Crippen molar-refractivity contribution >= 4 is 29.9 Å². The summed E-state index contributed by atoms with van der Waals surface area (Å²) in [7, 11) is -0.873. The molecule has 0 saturated heterocycles. The molecule has 26 heavy (non-hydrogen) atoms. The molecule has 132 valence electrons. The van der Waals surface area contributed by atoms with Gasteiger partial charge in [-0.1, -0.05) is 6.07 Å². The zero-order valence-corrected chi connectivity index (χ0v) is 14.4. The molecule has 1 aliphatic rings. The molecule has 2 N–H and O–H groups in total. The van der Waals surface area contributed by atoms with Crippen LogP contribution in [-0.2, 0) is 16.1 Å². The first-order valence-corrected chi connectivity index (χ1v) is 8.29. The molecule has 0 bridgehead atoms. The second kappa shape index (κ2) is 8.00. The third kappa shape index (κ3) is 4.20. The highest BCUT2D eigenvalue weighted by Crippen LogP contribution is 2.23. The van der Waals surface area contributed by atoms with Crippen LogP contribution in [0.4, 0.5) is 11.5 Å². The van der Waals surface area contributed by atoms with E-state index in [2.05, 4.69) is 10.3 Å². The molecule has 0 saturated carbocycles. The molecule has 0 spiro atoms. The van der Waals surface area contributed by atoms with E-state index >= 15 is 0 Å². The van der Waals surface area contributed by atoms with E-state index in [9.17, 15) is 15.1 Å². The Morgan fingerprint density at radius 2 is 2.31 bits per heavy atom. The number of nitrogens with one attached hydrogen (secondary N) is 1. The van der Waals surface area contributed by atoms with Crippen LogP contribution in [-0.4, -0.2) is 29.5 Å². The number of aromatic nitrogens is 1. The fourth-order valence-electron chi connectivity index (χ4n) is 2.65. The molecule has 0 radical (unpaired) electrons. The molecular weight excluding hydrogens is 333 g/mol. The van der Waals surface area contributed by atoms with E-state index in [-0.39, 0.29) is 11.7 Å². The molecule has 3 rings (SSSR count). The molecule has 8 heteroatoms. The quantitative estimate of drug-likeness (QED) is 0.577. The van der Waals surface area contributed by atoms with Crippen molar-refractivity contribution < 1.29 is 19.2 Å². The van der Waals surface area contributed by atoms with Gasteiger partial charge in [0.15, 0.2) is 0 Å². The van der Waals surface area contributed by atoms with Crippen LogP contribution >= 0.6 is 0 Å². The van der Waals surface area contributed by atoms with Crippen molar-refractivity contribution in [3.8, 4) is 11.9 Å². The summed E-state index contributed by atoms with van der Waals surface area (Å²) >= 11 is 0. The number of benzene rings is 1. The number of nitriles is 1. The molecule has 0 atom stereocenters. The average molecular weight is 351 g/mol. The van der Waals surface area contributed by atoms with E-state index in [1.807, 2.05) is 18.2 Å². The van der Waals surface area contributed by atoms with Crippen LogP contribution in [0.15, 0.2) is 30.3 Å². The molecule has 1 aliphatic heterocycles.